The van der Waals surface area contributed by atoms with Crippen molar-refractivity contribution in [1.29, 1.82) is 0 Å². The zero-order valence-electron chi connectivity index (χ0n) is 16.1. The van der Waals surface area contributed by atoms with Crippen molar-refractivity contribution in [2.45, 2.75) is 25.4 Å². The van der Waals surface area contributed by atoms with E-state index in [9.17, 15) is 14.7 Å². The van der Waals surface area contributed by atoms with Gasteiger partial charge in [0.15, 0.2) is 0 Å². The molecule has 0 aliphatic carbocycles. The second-order valence-electron chi connectivity index (χ2n) is 7.44. The van der Waals surface area contributed by atoms with Crippen LogP contribution in [0.1, 0.15) is 28.8 Å². The van der Waals surface area contributed by atoms with Crippen molar-refractivity contribution in [3.05, 3.63) is 71.9 Å². The molecule has 2 atom stereocenters. The molecule has 29 heavy (non-hydrogen) atoms. The summed E-state index contributed by atoms with van der Waals surface area (Å²) in [4.78, 5) is 24.9. The van der Waals surface area contributed by atoms with Gasteiger partial charge in [-0.05, 0) is 24.5 Å². The number of hydrogen-bond acceptors (Lipinski definition) is 3. The Balaban J connectivity index is 1.62. The molecule has 1 saturated heterocycles. The lowest BCUT2D eigenvalue weighted by Gasteiger charge is -2.28. The van der Waals surface area contributed by atoms with E-state index in [1.165, 1.54) is 0 Å². The Kier molecular flexibility index (Phi) is 5.62. The van der Waals surface area contributed by atoms with Gasteiger partial charge in [0.1, 0.15) is 6.04 Å². The molecule has 4 rings (SSSR count). The van der Waals surface area contributed by atoms with E-state index in [0.29, 0.717) is 25.3 Å². The molecule has 6 nitrogen and oxygen atoms in total. The molecule has 0 spiro atoms. The van der Waals surface area contributed by atoms with Gasteiger partial charge in [-0.2, -0.15) is 0 Å². The number of carboxylic acid groups (broad SMARTS) is 1. The van der Waals surface area contributed by atoms with Crippen LogP contribution in [0, 0.1) is 5.92 Å². The topological polar surface area (TPSA) is 80.6 Å². The second-order valence-corrected chi connectivity index (χ2v) is 7.44. The van der Waals surface area contributed by atoms with Crippen molar-refractivity contribution >= 4 is 22.8 Å². The number of carboxylic acids is 1. The molecule has 1 aliphatic rings. The summed E-state index contributed by atoms with van der Waals surface area (Å²) in [5.41, 5.74) is 2.55. The molecule has 0 bridgehead atoms. The number of nitrogens with zero attached hydrogens (tertiary/aromatic N) is 1. The molecule has 6 heteroatoms. The first-order chi connectivity index (χ1) is 14.1. The minimum Gasteiger partial charge on any atom is -0.480 e. The third-order valence-corrected chi connectivity index (χ3v) is 5.45. The van der Waals surface area contributed by atoms with E-state index < -0.39 is 12.0 Å². The second kappa shape index (κ2) is 8.49. The van der Waals surface area contributed by atoms with Crippen LogP contribution in [0.2, 0.25) is 0 Å². The van der Waals surface area contributed by atoms with Gasteiger partial charge < -0.3 is 19.7 Å². The summed E-state index contributed by atoms with van der Waals surface area (Å²) in [6.45, 7) is 1.63. The number of fused-ring (bicyclic) bond motifs is 1. The normalized spacial score (nSPS) is 17.7. The van der Waals surface area contributed by atoms with Crippen LogP contribution in [0.3, 0.4) is 0 Å². The highest BCUT2D eigenvalue weighted by molar-refractivity contribution is 6.08. The number of ether oxygens (including phenoxy) is 1. The smallest absolute Gasteiger partial charge is 0.326 e. The third-order valence-electron chi connectivity index (χ3n) is 5.45. The van der Waals surface area contributed by atoms with E-state index in [2.05, 4.69) is 5.32 Å². The molecule has 1 amide bonds. The van der Waals surface area contributed by atoms with E-state index in [4.69, 9.17) is 4.74 Å². The number of benzene rings is 2. The van der Waals surface area contributed by atoms with Crippen molar-refractivity contribution in [3.63, 3.8) is 0 Å². The van der Waals surface area contributed by atoms with Crippen molar-refractivity contribution in [2.75, 3.05) is 13.2 Å². The number of nitrogens with one attached hydrogen (secondary N) is 1. The van der Waals surface area contributed by atoms with Gasteiger partial charge in [0.05, 0.1) is 12.2 Å². The molecule has 2 heterocycles. The highest BCUT2D eigenvalue weighted by atomic mass is 16.5. The van der Waals surface area contributed by atoms with E-state index in [1.807, 2.05) is 65.4 Å². The molecule has 1 aromatic heterocycles. The van der Waals surface area contributed by atoms with Crippen molar-refractivity contribution in [1.82, 2.24) is 9.88 Å². The summed E-state index contributed by atoms with van der Waals surface area (Å²) >= 11 is 0. The molecule has 0 saturated carbocycles. The fourth-order valence-electron chi connectivity index (χ4n) is 3.97. The van der Waals surface area contributed by atoms with Crippen molar-refractivity contribution in [3.8, 4) is 0 Å². The lowest BCUT2D eigenvalue weighted by molar-refractivity contribution is -0.142. The van der Waals surface area contributed by atoms with Gasteiger partial charge in [-0.3, -0.25) is 4.79 Å². The molecule has 2 aromatic carbocycles. The summed E-state index contributed by atoms with van der Waals surface area (Å²) in [6.07, 6.45) is 3.34. The number of para-hydroxylation sites is 1. The minimum atomic E-state index is -1.03. The third kappa shape index (κ3) is 4.17. The van der Waals surface area contributed by atoms with Crippen LogP contribution in [-0.4, -0.2) is 40.8 Å². The highest BCUT2D eigenvalue weighted by Gasteiger charge is 2.32. The predicted molar refractivity (Wildman–Crippen MR) is 110 cm³/mol. The highest BCUT2D eigenvalue weighted by Crippen LogP contribution is 2.24. The van der Waals surface area contributed by atoms with Crippen molar-refractivity contribution < 1.29 is 19.4 Å². The van der Waals surface area contributed by atoms with Gasteiger partial charge in [-0.15, -0.1) is 0 Å². The molecule has 1 aliphatic heterocycles. The first kappa shape index (κ1) is 19.2. The molecule has 150 valence electrons. The van der Waals surface area contributed by atoms with Crippen LogP contribution in [0.15, 0.2) is 60.8 Å². The number of hydrogen-bond donors (Lipinski definition) is 2. The van der Waals surface area contributed by atoms with Gasteiger partial charge in [0.25, 0.3) is 5.91 Å². The number of carbonyl (C=O) groups excluding carboxylic acids is 1. The zero-order valence-corrected chi connectivity index (χ0v) is 16.1. The fourth-order valence-corrected chi connectivity index (χ4v) is 3.97. The SMILES string of the molecule is O=C(NC(C(=O)O)C1CCCOC1)c1cn(Cc2ccccc2)c2ccccc12. The predicted octanol–water partition coefficient (Wildman–Crippen LogP) is 3.30. The fraction of sp³-hybridized carbons (Fsp3) is 0.304. The maximum absolute atomic E-state index is 13.1. The molecule has 0 radical (unpaired) electrons. The molecule has 2 N–H and O–H groups in total. The average molecular weight is 392 g/mol. The number of carbonyl (C=O) groups is 2. The molecule has 2 unspecified atom stereocenters. The average Bonchev–Trinajstić information content (AvgIpc) is 3.12. The Morgan fingerprint density at radius 2 is 1.90 bits per heavy atom. The molecule has 3 aromatic rings. The number of aromatic nitrogens is 1. The summed E-state index contributed by atoms with van der Waals surface area (Å²) in [5.74, 6) is -1.62. The summed E-state index contributed by atoms with van der Waals surface area (Å²) in [5, 5.41) is 13.2. The van der Waals surface area contributed by atoms with Crippen LogP contribution < -0.4 is 5.32 Å². The van der Waals surface area contributed by atoms with Crippen LogP contribution >= 0.6 is 0 Å². The van der Waals surface area contributed by atoms with Crippen molar-refractivity contribution in [2.24, 2.45) is 5.92 Å². The largest absolute Gasteiger partial charge is 0.480 e. The Hall–Kier alpha value is -3.12. The van der Waals surface area contributed by atoms with Gasteiger partial charge in [0, 0.05) is 36.2 Å². The summed E-state index contributed by atoms with van der Waals surface area (Å²) in [6, 6.07) is 16.7. The Labute approximate surface area is 169 Å². The zero-order chi connectivity index (χ0) is 20.2. The lowest BCUT2D eigenvalue weighted by atomic mass is 9.93. The summed E-state index contributed by atoms with van der Waals surface area (Å²) < 4.78 is 7.45. The first-order valence-corrected chi connectivity index (χ1v) is 9.86. The minimum absolute atomic E-state index is 0.220. The Morgan fingerprint density at radius 3 is 2.62 bits per heavy atom. The monoisotopic (exact) mass is 392 g/mol. The molecular formula is C23H24N2O4. The maximum atomic E-state index is 13.1. The summed E-state index contributed by atoms with van der Waals surface area (Å²) in [7, 11) is 0. The molecule has 1 fully saturated rings. The number of rotatable bonds is 6. The van der Waals surface area contributed by atoms with E-state index >= 15 is 0 Å². The van der Waals surface area contributed by atoms with Crippen LogP contribution in [0.25, 0.3) is 10.9 Å². The van der Waals surface area contributed by atoms with E-state index in [1.54, 1.807) is 0 Å². The standard InChI is InChI=1S/C23H24N2O4/c26-22(24-21(23(27)28)17-9-6-12-29-15-17)19-14-25(13-16-7-2-1-3-8-16)20-11-5-4-10-18(19)20/h1-5,7-8,10-11,14,17,21H,6,9,12-13,15H2,(H,24,26)(H,27,28). The van der Waals surface area contributed by atoms with Crippen LogP contribution in [-0.2, 0) is 16.1 Å². The van der Waals surface area contributed by atoms with Gasteiger partial charge in [-0.25, -0.2) is 4.79 Å². The van der Waals surface area contributed by atoms with Gasteiger partial charge in [0.2, 0.25) is 0 Å². The van der Waals surface area contributed by atoms with E-state index in [-0.39, 0.29) is 11.8 Å². The maximum Gasteiger partial charge on any atom is 0.326 e. The van der Waals surface area contributed by atoms with Crippen LogP contribution in [0.4, 0.5) is 0 Å². The van der Waals surface area contributed by atoms with Gasteiger partial charge >= 0.3 is 5.97 Å². The first-order valence-electron chi connectivity index (χ1n) is 9.86. The van der Waals surface area contributed by atoms with Gasteiger partial charge in [-0.1, -0.05) is 48.5 Å². The molecular weight excluding hydrogens is 368 g/mol. The number of aliphatic carboxylic acids is 1. The Bertz CT molecular complexity index is 1010. The lowest BCUT2D eigenvalue weighted by Crippen LogP contribution is -2.48. The Morgan fingerprint density at radius 1 is 1.14 bits per heavy atom. The van der Waals surface area contributed by atoms with Crippen LogP contribution in [0.5, 0.6) is 0 Å². The quantitative estimate of drug-likeness (QED) is 0.675. The van der Waals surface area contributed by atoms with E-state index in [0.717, 1.165) is 29.3 Å². The number of amides is 1.